The molecule has 4 nitrogen and oxygen atoms in total. The molecule has 0 aromatic heterocycles. The summed E-state index contributed by atoms with van der Waals surface area (Å²) in [4.78, 5) is 13.9. The molecule has 0 radical (unpaired) electrons. The summed E-state index contributed by atoms with van der Waals surface area (Å²) in [6.07, 6.45) is -0.365. The summed E-state index contributed by atoms with van der Waals surface area (Å²) in [5.41, 5.74) is 1.69. The zero-order valence-corrected chi connectivity index (χ0v) is 12.9. The number of rotatable bonds is 2. The van der Waals surface area contributed by atoms with E-state index >= 15 is 0 Å². The van der Waals surface area contributed by atoms with Crippen molar-refractivity contribution < 1.29 is 14.3 Å². The number of ether oxygens (including phenoxy) is 2. The van der Waals surface area contributed by atoms with Crippen LogP contribution in [0, 0.1) is 0 Å². The van der Waals surface area contributed by atoms with Gasteiger partial charge in [0.05, 0.1) is 6.54 Å². The van der Waals surface area contributed by atoms with Crippen LogP contribution in [0.1, 0.15) is 5.56 Å². The lowest BCUT2D eigenvalue weighted by atomic mass is 10.2. The minimum absolute atomic E-state index is 0.261. The van der Waals surface area contributed by atoms with E-state index in [-0.39, 0.29) is 12.7 Å². The molecule has 0 unspecified atom stereocenters. The van der Waals surface area contributed by atoms with Crippen molar-refractivity contribution in [2.45, 2.75) is 6.61 Å². The quantitative estimate of drug-likeness (QED) is 0.824. The topological polar surface area (TPSA) is 38.8 Å². The Morgan fingerprint density at radius 3 is 2.81 bits per heavy atom. The summed E-state index contributed by atoms with van der Waals surface area (Å²) in [6, 6.07) is 15.2. The van der Waals surface area contributed by atoms with Gasteiger partial charge in [0.15, 0.2) is 0 Å². The molecule has 0 fully saturated rings. The fourth-order valence-corrected chi connectivity index (χ4v) is 2.77. The Morgan fingerprint density at radius 1 is 1.19 bits per heavy atom. The molecule has 2 aromatic carbocycles. The number of fused-ring (bicyclic) bond motifs is 1. The maximum absolute atomic E-state index is 12.3. The normalized spacial score (nSPS) is 13.3. The molecule has 1 aliphatic heterocycles. The number of carbonyl (C=O) groups excluding carboxylic acids is 1. The highest BCUT2D eigenvalue weighted by Crippen LogP contribution is 2.38. The smallest absolute Gasteiger partial charge is 0.414 e. The maximum atomic E-state index is 12.3. The van der Waals surface area contributed by atoms with Crippen LogP contribution in [-0.2, 0) is 11.3 Å². The second-order valence-corrected chi connectivity index (χ2v) is 5.48. The Bertz CT molecular complexity index is 645. The van der Waals surface area contributed by atoms with Crippen molar-refractivity contribution in [1.82, 2.24) is 0 Å². The lowest BCUT2D eigenvalue weighted by molar-refractivity contribution is 0.144. The van der Waals surface area contributed by atoms with Crippen LogP contribution in [-0.4, -0.2) is 19.2 Å². The number of benzene rings is 2. The van der Waals surface area contributed by atoms with Gasteiger partial charge in [0.25, 0.3) is 0 Å². The zero-order valence-electron chi connectivity index (χ0n) is 11.3. The Balaban J connectivity index is 1.75. The molecule has 0 bridgehead atoms. The lowest BCUT2D eigenvalue weighted by Gasteiger charge is -2.29. The van der Waals surface area contributed by atoms with E-state index in [0.717, 1.165) is 15.7 Å². The van der Waals surface area contributed by atoms with E-state index in [1.54, 1.807) is 4.90 Å². The van der Waals surface area contributed by atoms with Crippen LogP contribution in [0.2, 0.25) is 0 Å². The van der Waals surface area contributed by atoms with Crippen molar-refractivity contribution >= 4 is 27.7 Å². The summed E-state index contributed by atoms with van der Waals surface area (Å²) in [5, 5.41) is 0. The molecule has 0 saturated carbocycles. The van der Waals surface area contributed by atoms with Crippen LogP contribution in [0.25, 0.3) is 0 Å². The van der Waals surface area contributed by atoms with Gasteiger partial charge in [0.2, 0.25) is 0 Å². The largest absolute Gasteiger partial charge is 0.489 e. The molecule has 2 aromatic rings. The van der Waals surface area contributed by atoms with E-state index in [1.165, 1.54) is 0 Å². The SMILES string of the molecule is O=C(OCc1ccccc1)N1CCOc2cccc(Br)c21. The highest BCUT2D eigenvalue weighted by molar-refractivity contribution is 9.10. The summed E-state index contributed by atoms with van der Waals surface area (Å²) < 4.78 is 11.8. The fourth-order valence-electron chi connectivity index (χ4n) is 2.21. The first-order valence-corrected chi connectivity index (χ1v) is 7.44. The number of para-hydroxylation sites is 1. The number of amides is 1. The molecule has 1 amide bonds. The van der Waals surface area contributed by atoms with E-state index in [0.29, 0.717) is 18.9 Å². The molecule has 3 rings (SSSR count). The van der Waals surface area contributed by atoms with E-state index in [1.807, 2.05) is 48.5 Å². The van der Waals surface area contributed by atoms with E-state index in [4.69, 9.17) is 9.47 Å². The number of halogens is 1. The average Bonchev–Trinajstić information content (AvgIpc) is 2.53. The molecule has 0 atom stereocenters. The number of hydrogen-bond acceptors (Lipinski definition) is 3. The van der Waals surface area contributed by atoms with Gasteiger partial charge in [-0.1, -0.05) is 36.4 Å². The van der Waals surface area contributed by atoms with E-state index in [9.17, 15) is 4.79 Å². The molecule has 108 valence electrons. The van der Waals surface area contributed by atoms with Crippen LogP contribution in [0.4, 0.5) is 10.5 Å². The standard InChI is InChI=1S/C16H14BrNO3/c17-13-7-4-8-14-15(13)18(9-10-20-14)16(19)21-11-12-5-2-1-3-6-12/h1-8H,9-11H2. The fraction of sp³-hybridized carbons (Fsp3) is 0.188. The number of anilines is 1. The van der Waals surface area contributed by atoms with E-state index in [2.05, 4.69) is 15.9 Å². The summed E-state index contributed by atoms with van der Waals surface area (Å²) >= 11 is 3.46. The minimum Gasteiger partial charge on any atom is -0.489 e. The van der Waals surface area contributed by atoms with Gasteiger partial charge >= 0.3 is 6.09 Å². The van der Waals surface area contributed by atoms with Crippen LogP contribution in [0.15, 0.2) is 53.0 Å². The Kier molecular flexibility index (Phi) is 4.10. The third kappa shape index (κ3) is 3.03. The third-order valence-corrected chi connectivity index (χ3v) is 3.86. The van der Waals surface area contributed by atoms with Crippen LogP contribution >= 0.6 is 15.9 Å². The van der Waals surface area contributed by atoms with Gasteiger partial charge in [-0.3, -0.25) is 4.90 Å². The predicted octanol–water partition coefficient (Wildman–Crippen LogP) is 3.98. The monoisotopic (exact) mass is 347 g/mol. The highest BCUT2D eigenvalue weighted by Gasteiger charge is 2.26. The molecular weight excluding hydrogens is 334 g/mol. The van der Waals surface area contributed by atoms with Gasteiger partial charge in [-0.05, 0) is 33.6 Å². The average molecular weight is 348 g/mol. The van der Waals surface area contributed by atoms with Gasteiger partial charge in [-0.15, -0.1) is 0 Å². The van der Waals surface area contributed by atoms with Crippen molar-refractivity contribution in [3.8, 4) is 5.75 Å². The molecule has 0 aliphatic carbocycles. The zero-order chi connectivity index (χ0) is 14.7. The van der Waals surface area contributed by atoms with Gasteiger partial charge in [-0.25, -0.2) is 4.79 Å². The van der Waals surface area contributed by atoms with Crippen molar-refractivity contribution in [2.24, 2.45) is 0 Å². The van der Waals surface area contributed by atoms with Crippen LogP contribution in [0.3, 0.4) is 0 Å². The predicted molar refractivity (Wildman–Crippen MR) is 83.6 cm³/mol. The minimum atomic E-state index is -0.365. The van der Waals surface area contributed by atoms with Crippen molar-refractivity contribution in [2.75, 3.05) is 18.1 Å². The number of hydrogen-bond donors (Lipinski definition) is 0. The molecule has 5 heteroatoms. The molecule has 0 spiro atoms. The molecule has 0 saturated heterocycles. The third-order valence-electron chi connectivity index (χ3n) is 3.22. The molecule has 1 aliphatic rings. The number of carbonyl (C=O) groups is 1. The highest BCUT2D eigenvalue weighted by atomic mass is 79.9. The Hall–Kier alpha value is -2.01. The van der Waals surface area contributed by atoms with Crippen molar-refractivity contribution in [1.29, 1.82) is 0 Å². The Morgan fingerprint density at radius 2 is 2.00 bits per heavy atom. The van der Waals surface area contributed by atoms with E-state index < -0.39 is 0 Å². The molecule has 0 N–H and O–H groups in total. The first-order chi connectivity index (χ1) is 10.3. The van der Waals surface area contributed by atoms with Crippen molar-refractivity contribution in [3.05, 3.63) is 58.6 Å². The van der Waals surface area contributed by atoms with Gasteiger partial charge in [-0.2, -0.15) is 0 Å². The van der Waals surface area contributed by atoms with Gasteiger partial charge in [0, 0.05) is 4.47 Å². The second-order valence-electron chi connectivity index (χ2n) is 4.63. The second kappa shape index (κ2) is 6.18. The molecule has 1 heterocycles. The molecular formula is C16H14BrNO3. The first-order valence-electron chi connectivity index (χ1n) is 6.65. The maximum Gasteiger partial charge on any atom is 0.414 e. The van der Waals surface area contributed by atoms with Gasteiger partial charge in [0.1, 0.15) is 24.7 Å². The summed E-state index contributed by atoms with van der Waals surface area (Å²) in [7, 11) is 0. The van der Waals surface area contributed by atoms with Crippen molar-refractivity contribution in [3.63, 3.8) is 0 Å². The van der Waals surface area contributed by atoms with Crippen LogP contribution < -0.4 is 9.64 Å². The summed E-state index contributed by atoms with van der Waals surface area (Å²) in [5.74, 6) is 0.687. The van der Waals surface area contributed by atoms with Gasteiger partial charge < -0.3 is 9.47 Å². The first kappa shape index (κ1) is 13.9. The van der Waals surface area contributed by atoms with Crippen LogP contribution in [0.5, 0.6) is 5.75 Å². The molecule has 21 heavy (non-hydrogen) atoms. The Labute approximate surface area is 131 Å². The lowest BCUT2D eigenvalue weighted by Crippen LogP contribution is -2.38. The summed E-state index contributed by atoms with van der Waals surface area (Å²) in [6.45, 7) is 1.20. The number of nitrogens with zero attached hydrogens (tertiary/aromatic N) is 1.